The van der Waals surface area contributed by atoms with Crippen LogP contribution in [-0.4, -0.2) is 18.3 Å². The van der Waals surface area contributed by atoms with E-state index in [1.54, 1.807) is 48.8 Å². The average Bonchev–Trinajstić information content (AvgIpc) is 3.54. The molecule has 45 heavy (non-hydrogen) atoms. The summed E-state index contributed by atoms with van der Waals surface area (Å²) in [5, 5.41) is 0. The topological polar surface area (TPSA) is 6.48 Å². The molecular weight excluding hydrogens is 563 g/mol. The van der Waals surface area contributed by atoms with Gasteiger partial charge in [0.05, 0.1) is 17.3 Å². The Hall–Kier alpha value is -3.24. The first-order chi connectivity index (χ1) is 21.8. The average molecular weight is 605 g/mol. The fourth-order valence-corrected chi connectivity index (χ4v) is 13.5. The Morgan fingerprint density at radius 3 is 2.64 bits per heavy atom. The lowest BCUT2D eigenvalue weighted by Crippen LogP contribution is -2.68. The molecule has 1 aromatic heterocycles. The van der Waals surface area contributed by atoms with Crippen molar-refractivity contribution >= 4 is 52.1 Å². The van der Waals surface area contributed by atoms with Crippen molar-refractivity contribution in [3.05, 3.63) is 104 Å². The van der Waals surface area contributed by atoms with E-state index in [1.165, 1.54) is 54.5 Å². The minimum atomic E-state index is -0.0752. The van der Waals surface area contributed by atoms with Crippen molar-refractivity contribution in [3.63, 3.8) is 0 Å². The van der Waals surface area contributed by atoms with Gasteiger partial charge in [-0.3, -0.25) is 0 Å². The SMILES string of the molecule is CC1C=CC2(C)C3=C1C(C)C1=C4B(c5ccccc5N(c5c2sc2c5C=CCC2)C43)c2cccc3c2N1C1(C)CCCCC31C. The smallest absolute Gasteiger partial charge is 0.247 e. The van der Waals surface area contributed by atoms with Gasteiger partial charge in [0.15, 0.2) is 0 Å². The van der Waals surface area contributed by atoms with E-state index in [0.29, 0.717) is 18.5 Å². The monoisotopic (exact) mass is 604 g/mol. The fourth-order valence-electron chi connectivity index (χ4n) is 12.0. The number of fused-ring (bicyclic) bond motifs is 13. The van der Waals surface area contributed by atoms with Gasteiger partial charge in [0.1, 0.15) is 0 Å². The number of nitrogens with zero attached hydrogens (tertiary/aromatic N) is 2. The summed E-state index contributed by atoms with van der Waals surface area (Å²) in [6.07, 6.45) is 17.6. The predicted octanol–water partition coefficient (Wildman–Crippen LogP) is 8.48. The van der Waals surface area contributed by atoms with Gasteiger partial charge in [-0.05, 0) is 79.0 Å². The Labute approximate surface area is 272 Å². The van der Waals surface area contributed by atoms with Gasteiger partial charge in [-0.25, -0.2) is 0 Å². The molecule has 5 heterocycles. The van der Waals surface area contributed by atoms with E-state index in [2.05, 4.69) is 123 Å². The minimum absolute atomic E-state index is 0.0752. The number of thiophene rings is 1. The van der Waals surface area contributed by atoms with Crippen LogP contribution in [0.3, 0.4) is 0 Å². The highest BCUT2D eigenvalue weighted by molar-refractivity contribution is 7.13. The minimum Gasteiger partial charge on any atom is -0.339 e. The second-order valence-corrected chi connectivity index (χ2v) is 17.1. The molecule has 224 valence electrons. The van der Waals surface area contributed by atoms with Gasteiger partial charge >= 0.3 is 0 Å². The molecule has 6 atom stereocenters. The lowest BCUT2D eigenvalue weighted by atomic mass is 9.29. The van der Waals surface area contributed by atoms with Crippen LogP contribution in [0.25, 0.3) is 6.08 Å². The van der Waals surface area contributed by atoms with E-state index in [0.717, 1.165) is 6.42 Å². The lowest BCUT2D eigenvalue weighted by Gasteiger charge is -2.61. The van der Waals surface area contributed by atoms with E-state index >= 15 is 0 Å². The van der Waals surface area contributed by atoms with Crippen molar-refractivity contribution in [2.45, 2.75) is 95.6 Å². The Bertz CT molecular complexity index is 2040. The largest absolute Gasteiger partial charge is 0.339 e. The first-order valence-electron chi connectivity index (χ1n) is 17.6. The van der Waals surface area contributed by atoms with Crippen molar-refractivity contribution in [2.75, 3.05) is 9.80 Å². The highest BCUT2D eigenvalue weighted by Crippen LogP contribution is 2.67. The Kier molecular flexibility index (Phi) is 4.60. The van der Waals surface area contributed by atoms with Crippen LogP contribution in [0.4, 0.5) is 17.1 Å². The van der Waals surface area contributed by atoms with Crippen LogP contribution in [0, 0.1) is 11.8 Å². The number of rotatable bonds is 0. The van der Waals surface area contributed by atoms with E-state index in [-0.39, 0.29) is 22.4 Å². The van der Waals surface area contributed by atoms with Crippen LogP contribution in [0.2, 0.25) is 0 Å². The summed E-state index contributed by atoms with van der Waals surface area (Å²) >= 11 is 2.11. The zero-order chi connectivity index (χ0) is 30.2. The molecule has 0 radical (unpaired) electrons. The van der Waals surface area contributed by atoms with Gasteiger partial charge in [0.2, 0.25) is 6.71 Å². The normalized spacial score (nSPS) is 35.6. The Morgan fingerprint density at radius 1 is 0.933 bits per heavy atom. The Balaban J connectivity index is 1.32. The van der Waals surface area contributed by atoms with Crippen molar-refractivity contribution in [1.82, 2.24) is 0 Å². The van der Waals surface area contributed by atoms with Crippen molar-refractivity contribution in [2.24, 2.45) is 11.8 Å². The molecule has 0 saturated heterocycles. The molecule has 0 spiro atoms. The van der Waals surface area contributed by atoms with Crippen LogP contribution < -0.4 is 20.7 Å². The van der Waals surface area contributed by atoms with Crippen molar-refractivity contribution in [1.29, 1.82) is 0 Å². The summed E-state index contributed by atoms with van der Waals surface area (Å²) in [6, 6.07) is 17.2. The maximum atomic E-state index is 2.99. The van der Waals surface area contributed by atoms with Crippen LogP contribution in [0.5, 0.6) is 0 Å². The molecule has 1 fully saturated rings. The van der Waals surface area contributed by atoms with Gasteiger partial charge in [-0.2, -0.15) is 0 Å². The molecule has 0 N–H and O–H groups in total. The van der Waals surface area contributed by atoms with Gasteiger partial charge < -0.3 is 9.80 Å². The first kappa shape index (κ1) is 25.9. The number of para-hydroxylation sites is 2. The van der Waals surface area contributed by atoms with Crippen LogP contribution in [0.15, 0.2) is 83.0 Å². The van der Waals surface area contributed by atoms with E-state index in [4.69, 9.17) is 0 Å². The number of allylic oxidation sites excluding steroid dienone is 4. The third-order valence-corrected chi connectivity index (χ3v) is 15.6. The van der Waals surface area contributed by atoms with E-state index in [9.17, 15) is 0 Å². The summed E-state index contributed by atoms with van der Waals surface area (Å²) in [4.78, 5) is 9.01. The molecule has 2 nitrogen and oxygen atoms in total. The molecule has 0 amide bonds. The molecule has 4 heteroatoms. The molecule has 4 aliphatic heterocycles. The van der Waals surface area contributed by atoms with Gasteiger partial charge in [0.25, 0.3) is 0 Å². The summed E-state index contributed by atoms with van der Waals surface area (Å²) < 4.78 is 0. The second-order valence-electron chi connectivity index (χ2n) is 16.0. The zero-order valence-electron chi connectivity index (χ0n) is 27.2. The molecule has 4 aliphatic carbocycles. The standard InChI is InChI=1S/C41H41BN2S/c1-23-19-22-39(3)32-31(23)24(2)34-33-37(32)43(35-25-13-6-9-18-30(25)45-38(35)39)29-17-8-7-15-27(29)42(33)28-16-12-14-26-36(28)44(34)41(5)21-11-10-20-40(26,41)4/h6-8,12-17,19,22-24,37H,9-11,18,20-21H2,1-5H3. The Morgan fingerprint density at radius 2 is 1.76 bits per heavy atom. The third-order valence-electron chi connectivity index (χ3n) is 14.1. The molecule has 11 rings (SSSR count). The molecule has 8 aliphatic rings. The number of hydrogen-bond acceptors (Lipinski definition) is 3. The van der Waals surface area contributed by atoms with Crippen LogP contribution >= 0.6 is 11.3 Å². The highest BCUT2D eigenvalue weighted by atomic mass is 32.1. The third kappa shape index (κ3) is 2.62. The first-order valence-corrected chi connectivity index (χ1v) is 18.4. The van der Waals surface area contributed by atoms with E-state index in [1.807, 2.05) is 0 Å². The number of hydrogen-bond donors (Lipinski definition) is 0. The zero-order valence-corrected chi connectivity index (χ0v) is 28.0. The quantitative estimate of drug-likeness (QED) is 0.188. The number of benzene rings is 2. The second kappa shape index (κ2) is 8.00. The van der Waals surface area contributed by atoms with Gasteiger partial charge in [0, 0.05) is 49.1 Å². The summed E-state index contributed by atoms with van der Waals surface area (Å²) in [6.45, 7) is 13.2. The molecule has 3 aromatic rings. The molecule has 6 unspecified atom stereocenters. The summed E-state index contributed by atoms with van der Waals surface area (Å²) in [5.74, 6) is 0.828. The summed E-state index contributed by atoms with van der Waals surface area (Å²) in [5.41, 5.74) is 17.6. The maximum absolute atomic E-state index is 2.99. The maximum Gasteiger partial charge on any atom is 0.247 e. The number of anilines is 3. The summed E-state index contributed by atoms with van der Waals surface area (Å²) in [7, 11) is 0. The predicted molar refractivity (Wildman–Crippen MR) is 191 cm³/mol. The highest BCUT2D eigenvalue weighted by Gasteiger charge is 2.65. The lowest BCUT2D eigenvalue weighted by molar-refractivity contribution is 0.188. The molecule has 1 saturated carbocycles. The number of aryl methyl sites for hydroxylation is 1. The molecule has 0 bridgehead atoms. The van der Waals surface area contributed by atoms with Crippen LogP contribution in [-0.2, 0) is 17.3 Å². The molecule has 2 aromatic carbocycles. The van der Waals surface area contributed by atoms with Crippen molar-refractivity contribution < 1.29 is 0 Å². The van der Waals surface area contributed by atoms with Gasteiger partial charge in [-0.15, -0.1) is 11.3 Å². The fraction of sp³-hybridized carbons (Fsp3) is 0.415. The van der Waals surface area contributed by atoms with Crippen LogP contribution in [0.1, 0.15) is 87.6 Å². The van der Waals surface area contributed by atoms with E-state index < -0.39 is 0 Å². The van der Waals surface area contributed by atoms with Gasteiger partial charge in [-0.1, -0.05) is 99.9 Å². The molecular formula is C41H41BN2S. The van der Waals surface area contributed by atoms with Crippen molar-refractivity contribution in [3.8, 4) is 0 Å².